The van der Waals surface area contributed by atoms with E-state index in [1.807, 2.05) is 0 Å². The molecule has 0 saturated carbocycles. The third-order valence-corrected chi connectivity index (χ3v) is 7.25. The highest BCUT2D eigenvalue weighted by Gasteiger charge is 2.39. The predicted molar refractivity (Wildman–Crippen MR) is 113 cm³/mol. The molecule has 2 aromatic rings. The summed E-state index contributed by atoms with van der Waals surface area (Å²) in [7, 11) is -4.11. The lowest BCUT2D eigenvalue weighted by molar-refractivity contribution is -0.0900. The molecule has 0 spiro atoms. The van der Waals surface area contributed by atoms with E-state index in [0.717, 1.165) is 37.0 Å². The Bertz CT molecular complexity index is 938. The molecule has 5 N–H and O–H groups in total. The number of anilines is 2. The molecule has 0 radical (unpaired) electrons. The van der Waals surface area contributed by atoms with Crippen molar-refractivity contribution >= 4 is 48.3 Å². The number of nitrogens with one attached hydrogen (secondary N) is 2. The summed E-state index contributed by atoms with van der Waals surface area (Å²) in [6.45, 7) is 2.91. The van der Waals surface area contributed by atoms with Crippen molar-refractivity contribution < 1.29 is 17.9 Å². The van der Waals surface area contributed by atoms with Crippen molar-refractivity contribution in [3.05, 3.63) is 28.7 Å². The number of hydrogen-bond donors (Lipinski definition) is 4. The van der Waals surface area contributed by atoms with Crippen LogP contribution in [0.15, 0.2) is 27.8 Å². The van der Waals surface area contributed by atoms with Crippen molar-refractivity contribution in [1.29, 1.82) is 0 Å². The monoisotopic (exact) mass is 508 g/mol. The van der Waals surface area contributed by atoms with Gasteiger partial charge in [-0.15, -0.1) is 0 Å². The number of nitrogens with two attached hydrogens (primary N) is 1. The van der Waals surface area contributed by atoms with Crippen molar-refractivity contribution in [2.75, 3.05) is 42.8 Å². The Balaban J connectivity index is 1.50. The van der Waals surface area contributed by atoms with Crippen LogP contribution in [0.25, 0.3) is 0 Å². The smallest absolute Gasteiger partial charge is 0.266 e. The average molecular weight is 509 g/mol. The normalized spacial score (nSPS) is 16.4. The molecule has 1 aromatic carbocycles. The molecule has 29 heavy (non-hydrogen) atoms. The molecule has 1 saturated heterocycles. The predicted octanol–water partition coefficient (Wildman–Crippen LogP) is 1.44. The maximum atomic E-state index is 14.4. The van der Waals surface area contributed by atoms with Gasteiger partial charge in [-0.25, -0.2) is 17.8 Å². The van der Waals surface area contributed by atoms with Crippen molar-refractivity contribution in [1.82, 2.24) is 14.3 Å². The van der Waals surface area contributed by atoms with E-state index in [1.54, 1.807) is 0 Å². The van der Waals surface area contributed by atoms with Crippen LogP contribution >= 0.6 is 27.5 Å². The Morgan fingerprint density at radius 3 is 2.79 bits per heavy atom. The zero-order valence-electron chi connectivity index (χ0n) is 15.4. The van der Waals surface area contributed by atoms with Gasteiger partial charge in [0, 0.05) is 42.2 Å². The second-order valence-corrected chi connectivity index (χ2v) is 10.2. The number of likely N-dealkylation sites (tertiary alicyclic amines) is 1. The van der Waals surface area contributed by atoms with Crippen LogP contribution in [-0.2, 0) is 10.0 Å². The minimum Gasteiger partial charge on any atom is -0.386 e. The largest absolute Gasteiger partial charge is 0.386 e. The van der Waals surface area contributed by atoms with Crippen LogP contribution in [0.1, 0.15) is 12.8 Å². The Labute approximate surface area is 180 Å². The number of halogens is 2. The molecule has 0 unspecified atom stereocenters. The van der Waals surface area contributed by atoms with Gasteiger partial charge in [0.2, 0.25) is 5.13 Å². The van der Waals surface area contributed by atoms with Gasteiger partial charge >= 0.3 is 0 Å². The number of rotatable bonds is 10. The van der Waals surface area contributed by atoms with E-state index in [9.17, 15) is 17.9 Å². The molecule has 1 aliphatic heterocycles. The zero-order chi connectivity index (χ0) is 21.1. The summed E-state index contributed by atoms with van der Waals surface area (Å²) in [5.74, 6) is -0.866. The van der Waals surface area contributed by atoms with Gasteiger partial charge in [-0.1, -0.05) is 0 Å². The van der Waals surface area contributed by atoms with E-state index in [-0.39, 0.29) is 11.7 Å². The first-order chi connectivity index (χ1) is 13.7. The number of nitrogens with zero attached hydrogens (tertiary/aromatic N) is 3. The second kappa shape index (κ2) is 9.18. The molecule has 0 amide bonds. The number of β-amino-alcohol motifs (C(OH)–C–C–N with tert-alkyl or cyclic N) is 1. The van der Waals surface area contributed by atoms with E-state index in [0.29, 0.717) is 29.8 Å². The van der Waals surface area contributed by atoms with E-state index in [1.165, 1.54) is 12.4 Å². The standard InChI is InChI=1S/C16H22BrFN6O3S2/c17-11-5-14(29(26,27)23-15-21-10-22-28-15)12(18)6-13(11)20-3-1-2-4-24-8-16(25,7-19)9-24/h5-6,10,20,25H,1-4,7-9,19H2,(H,21,22,23). The van der Waals surface area contributed by atoms with E-state index < -0.39 is 26.3 Å². The van der Waals surface area contributed by atoms with Gasteiger partial charge in [0.1, 0.15) is 22.6 Å². The minimum atomic E-state index is -4.11. The quantitative estimate of drug-likeness (QED) is 0.354. The summed E-state index contributed by atoms with van der Waals surface area (Å²) in [6.07, 6.45) is 2.96. The van der Waals surface area contributed by atoms with Gasteiger partial charge in [0.25, 0.3) is 10.0 Å². The third kappa shape index (κ3) is 5.61. The Kier molecular flexibility index (Phi) is 7.06. The molecule has 0 bridgehead atoms. The van der Waals surface area contributed by atoms with Gasteiger partial charge in [-0.3, -0.25) is 9.62 Å². The van der Waals surface area contributed by atoms with Crippen LogP contribution in [-0.4, -0.2) is 66.1 Å². The number of unbranched alkanes of at least 4 members (excludes halogenated alkanes) is 1. The number of sulfonamides is 1. The summed E-state index contributed by atoms with van der Waals surface area (Å²) in [5, 5.41) is 13.0. The van der Waals surface area contributed by atoms with Crippen LogP contribution in [0.5, 0.6) is 0 Å². The molecular weight excluding hydrogens is 487 g/mol. The van der Waals surface area contributed by atoms with Crippen molar-refractivity contribution in [2.24, 2.45) is 5.73 Å². The lowest BCUT2D eigenvalue weighted by Gasteiger charge is -2.46. The van der Waals surface area contributed by atoms with E-state index >= 15 is 0 Å². The van der Waals surface area contributed by atoms with Gasteiger partial charge in [-0.2, -0.15) is 4.37 Å². The van der Waals surface area contributed by atoms with E-state index in [4.69, 9.17) is 5.73 Å². The molecule has 1 aromatic heterocycles. The highest BCUT2D eigenvalue weighted by Crippen LogP contribution is 2.29. The lowest BCUT2D eigenvalue weighted by atomic mass is 9.94. The topological polar surface area (TPSA) is 133 Å². The van der Waals surface area contributed by atoms with Crippen molar-refractivity contribution in [3.63, 3.8) is 0 Å². The van der Waals surface area contributed by atoms with Crippen LogP contribution in [0.2, 0.25) is 0 Å². The highest BCUT2D eigenvalue weighted by molar-refractivity contribution is 9.10. The summed E-state index contributed by atoms with van der Waals surface area (Å²) in [4.78, 5) is 5.39. The average Bonchev–Trinajstić information content (AvgIpc) is 3.14. The first-order valence-electron chi connectivity index (χ1n) is 8.90. The Hall–Kier alpha value is -1.38. The van der Waals surface area contributed by atoms with Gasteiger partial charge in [0.05, 0.1) is 5.69 Å². The molecule has 3 rings (SSSR count). The lowest BCUT2D eigenvalue weighted by Crippen LogP contribution is -2.65. The molecule has 2 heterocycles. The highest BCUT2D eigenvalue weighted by atomic mass is 79.9. The maximum absolute atomic E-state index is 14.4. The molecular formula is C16H22BrFN6O3S2. The minimum absolute atomic E-state index is 0.0647. The Morgan fingerprint density at radius 1 is 1.38 bits per heavy atom. The first kappa shape index (κ1) is 22.3. The maximum Gasteiger partial charge on any atom is 0.266 e. The van der Waals surface area contributed by atoms with Gasteiger partial charge in [-0.05, 0) is 47.4 Å². The fourth-order valence-electron chi connectivity index (χ4n) is 3.01. The summed E-state index contributed by atoms with van der Waals surface area (Å²) in [5.41, 5.74) is 5.23. The van der Waals surface area contributed by atoms with Crippen LogP contribution < -0.4 is 15.8 Å². The number of hydrogen-bond acceptors (Lipinski definition) is 9. The second-order valence-electron chi connectivity index (χ2n) is 6.89. The van der Waals surface area contributed by atoms with Crippen molar-refractivity contribution in [2.45, 2.75) is 23.3 Å². The van der Waals surface area contributed by atoms with Gasteiger partial charge in [0.15, 0.2) is 0 Å². The van der Waals surface area contributed by atoms with Crippen molar-refractivity contribution in [3.8, 4) is 0 Å². The number of aromatic nitrogens is 2. The Morgan fingerprint density at radius 2 is 2.14 bits per heavy atom. The van der Waals surface area contributed by atoms with Crippen LogP contribution in [0.3, 0.4) is 0 Å². The van der Waals surface area contributed by atoms with E-state index in [2.05, 4.69) is 40.2 Å². The molecule has 9 nitrogen and oxygen atoms in total. The zero-order valence-corrected chi connectivity index (χ0v) is 18.7. The summed E-state index contributed by atoms with van der Waals surface area (Å²) in [6, 6.07) is 2.37. The summed E-state index contributed by atoms with van der Waals surface area (Å²) < 4.78 is 45.5. The van der Waals surface area contributed by atoms with Gasteiger partial charge < -0.3 is 16.2 Å². The molecule has 0 aliphatic carbocycles. The molecule has 160 valence electrons. The number of benzene rings is 1. The fourth-order valence-corrected chi connectivity index (χ4v) is 5.40. The molecule has 1 aliphatic rings. The molecule has 13 heteroatoms. The number of aliphatic hydroxyl groups is 1. The van der Waals surface area contributed by atoms with Crippen LogP contribution in [0, 0.1) is 5.82 Å². The molecule has 1 fully saturated rings. The SMILES string of the molecule is NCC1(O)CN(CCCCNc2cc(F)c(S(=O)(=O)Nc3ncns3)cc2Br)C1. The fraction of sp³-hybridized carbons (Fsp3) is 0.500. The van der Waals surface area contributed by atoms with Crippen LogP contribution in [0.4, 0.5) is 15.2 Å². The molecule has 0 atom stereocenters. The summed E-state index contributed by atoms with van der Waals surface area (Å²) >= 11 is 4.15. The first-order valence-corrected chi connectivity index (χ1v) is 11.9. The third-order valence-electron chi connectivity index (χ3n) is 4.53.